The summed E-state index contributed by atoms with van der Waals surface area (Å²) < 4.78 is 0. The molecule has 2 nitrogen and oxygen atoms in total. The molecule has 1 fully saturated rings. The highest BCUT2D eigenvalue weighted by Gasteiger charge is 2.44. The van der Waals surface area contributed by atoms with Crippen molar-refractivity contribution in [1.29, 1.82) is 0 Å². The minimum Gasteiger partial charge on any atom is -0.297 e. The van der Waals surface area contributed by atoms with Crippen LogP contribution in [0.2, 0.25) is 0 Å². The van der Waals surface area contributed by atoms with Gasteiger partial charge in [-0.15, -0.1) is 0 Å². The zero-order valence-electron chi connectivity index (χ0n) is 13.5. The number of aryl methyl sites for hydroxylation is 1. The Morgan fingerprint density at radius 3 is 2.60 bits per heavy atom. The quantitative estimate of drug-likeness (QED) is 0.776. The minimum atomic E-state index is -0.309. The van der Waals surface area contributed by atoms with Crippen molar-refractivity contribution in [2.45, 2.75) is 52.0 Å². The number of carbonyl (C=O) groups is 1. The Morgan fingerprint density at radius 2 is 2.00 bits per heavy atom. The molecule has 1 aromatic carbocycles. The summed E-state index contributed by atoms with van der Waals surface area (Å²) in [5.74, 6) is 0.940. The summed E-state index contributed by atoms with van der Waals surface area (Å²) in [6.45, 7) is 6.42. The van der Waals surface area contributed by atoms with Gasteiger partial charge in [-0.3, -0.25) is 9.69 Å². The molecule has 0 spiro atoms. The van der Waals surface area contributed by atoms with Gasteiger partial charge in [0.25, 0.3) is 0 Å². The Morgan fingerprint density at radius 1 is 1.30 bits per heavy atom. The Hall–Kier alpha value is -1.15. The van der Waals surface area contributed by atoms with Crippen molar-refractivity contribution in [1.82, 2.24) is 4.90 Å². The highest BCUT2D eigenvalue weighted by atomic mass is 16.1. The molecule has 1 aliphatic carbocycles. The lowest BCUT2D eigenvalue weighted by Gasteiger charge is -2.44. The van der Waals surface area contributed by atoms with Gasteiger partial charge in [-0.1, -0.05) is 38.0 Å². The van der Waals surface area contributed by atoms with Gasteiger partial charge in [-0.25, -0.2) is 0 Å². The molecule has 2 heteroatoms. The highest BCUT2D eigenvalue weighted by Crippen LogP contribution is 2.38. The zero-order chi connectivity index (χ0) is 14.9. The number of benzene rings is 1. The maximum Gasteiger partial charge on any atom is 0.183 e. The molecule has 2 atom stereocenters. The standard InChI is InChI=1S/C18H27NO/c1-13-8-7-11-18(12-13,19(4)5)17(20)16-10-6-9-14(2)15(16)3/h6,9-10,13H,7-8,11-12H2,1-5H3. The van der Waals surface area contributed by atoms with Gasteiger partial charge in [0.15, 0.2) is 5.78 Å². The van der Waals surface area contributed by atoms with E-state index in [-0.39, 0.29) is 5.54 Å². The van der Waals surface area contributed by atoms with E-state index in [1.807, 2.05) is 12.1 Å². The molecule has 1 saturated carbocycles. The van der Waals surface area contributed by atoms with Gasteiger partial charge in [0, 0.05) is 5.56 Å². The van der Waals surface area contributed by atoms with Crippen molar-refractivity contribution >= 4 is 5.78 Å². The molecule has 2 unspecified atom stereocenters. The first-order valence-corrected chi connectivity index (χ1v) is 7.67. The van der Waals surface area contributed by atoms with E-state index in [2.05, 4.69) is 45.8 Å². The van der Waals surface area contributed by atoms with Gasteiger partial charge in [0.05, 0.1) is 5.54 Å². The Kier molecular flexibility index (Phi) is 4.33. The van der Waals surface area contributed by atoms with Gasteiger partial charge in [0.1, 0.15) is 0 Å². The summed E-state index contributed by atoms with van der Waals surface area (Å²) >= 11 is 0. The first-order valence-electron chi connectivity index (χ1n) is 7.67. The van der Waals surface area contributed by atoms with Crippen molar-refractivity contribution in [3.63, 3.8) is 0 Å². The van der Waals surface area contributed by atoms with Crippen molar-refractivity contribution in [2.75, 3.05) is 14.1 Å². The van der Waals surface area contributed by atoms with E-state index in [1.54, 1.807) is 0 Å². The normalized spacial score (nSPS) is 26.8. The van der Waals surface area contributed by atoms with E-state index < -0.39 is 0 Å². The average molecular weight is 273 g/mol. The maximum absolute atomic E-state index is 13.2. The number of ketones is 1. The molecule has 0 amide bonds. The summed E-state index contributed by atoms with van der Waals surface area (Å²) in [6.07, 6.45) is 4.36. The van der Waals surface area contributed by atoms with E-state index in [0.717, 1.165) is 30.4 Å². The Bertz CT molecular complexity index is 506. The number of Topliss-reactive ketones (excluding diaryl/α,β-unsaturated/α-hetero) is 1. The lowest BCUT2D eigenvalue weighted by atomic mass is 9.71. The molecule has 0 N–H and O–H groups in total. The van der Waals surface area contributed by atoms with Crippen LogP contribution in [0.5, 0.6) is 0 Å². The fourth-order valence-corrected chi connectivity index (χ4v) is 3.59. The third-order valence-electron chi connectivity index (χ3n) is 5.10. The van der Waals surface area contributed by atoms with Crippen LogP contribution in [0, 0.1) is 19.8 Å². The Balaban J connectivity index is 2.44. The SMILES string of the molecule is Cc1cccc(C(=O)C2(N(C)C)CCCC(C)C2)c1C. The van der Waals surface area contributed by atoms with Crippen LogP contribution in [-0.4, -0.2) is 30.3 Å². The first-order chi connectivity index (χ1) is 9.38. The predicted molar refractivity (Wildman–Crippen MR) is 84.3 cm³/mol. The molecule has 0 aliphatic heterocycles. The second kappa shape index (κ2) is 5.69. The number of nitrogens with zero attached hydrogens (tertiary/aromatic N) is 1. The summed E-state index contributed by atoms with van der Waals surface area (Å²) in [4.78, 5) is 15.4. The van der Waals surface area contributed by atoms with Gasteiger partial charge >= 0.3 is 0 Å². The van der Waals surface area contributed by atoms with Gasteiger partial charge in [0.2, 0.25) is 0 Å². The maximum atomic E-state index is 13.2. The second-order valence-corrected chi connectivity index (χ2v) is 6.70. The highest BCUT2D eigenvalue weighted by molar-refractivity contribution is 6.04. The lowest BCUT2D eigenvalue weighted by Crippen LogP contribution is -2.54. The first kappa shape index (κ1) is 15.2. The van der Waals surface area contributed by atoms with Gasteiger partial charge in [-0.2, -0.15) is 0 Å². The summed E-state index contributed by atoms with van der Waals surface area (Å²) in [5, 5.41) is 0. The number of carbonyl (C=O) groups excluding carboxylic acids is 1. The smallest absolute Gasteiger partial charge is 0.183 e. The number of rotatable bonds is 3. The van der Waals surface area contributed by atoms with Crippen LogP contribution in [0.4, 0.5) is 0 Å². The van der Waals surface area contributed by atoms with Crippen LogP contribution in [0.3, 0.4) is 0 Å². The minimum absolute atomic E-state index is 0.309. The molecule has 1 aliphatic rings. The van der Waals surface area contributed by atoms with Crippen LogP contribution in [0.25, 0.3) is 0 Å². The molecule has 0 saturated heterocycles. The van der Waals surface area contributed by atoms with Crippen LogP contribution in [0.1, 0.15) is 54.1 Å². The van der Waals surface area contributed by atoms with Crippen LogP contribution in [-0.2, 0) is 0 Å². The average Bonchev–Trinajstić information content (AvgIpc) is 2.40. The van der Waals surface area contributed by atoms with E-state index >= 15 is 0 Å². The fourth-order valence-electron chi connectivity index (χ4n) is 3.59. The molecule has 0 heterocycles. The summed E-state index contributed by atoms with van der Waals surface area (Å²) in [6, 6.07) is 6.08. The molecular formula is C18H27NO. The number of likely N-dealkylation sites (N-methyl/N-ethyl adjacent to an activating group) is 1. The van der Waals surface area contributed by atoms with E-state index in [9.17, 15) is 4.79 Å². The molecule has 2 rings (SSSR count). The van der Waals surface area contributed by atoms with E-state index in [4.69, 9.17) is 0 Å². The molecule has 0 aromatic heterocycles. The van der Waals surface area contributed by atoms with Crippen LogP contribution in [0.15, 0.2) is 18.2 Å². The van der Waals surface area contributed by atoms with E-state index in [1.165, 1.54) is 12.0 Å². The fraction of sp³-hybridized carbons (Fsp3) is 0.611. The predicted octanol–water partition coefficient (Wildman–Crippen LogP) is 4.00. The Labute approximate surface area is 123 Å². The lowest BCUT2D eigenvalue weighted by molar-refractivity contribution is 0.0485. The zero-order valence-corrected chi connectivity index (χ0v) is 13.5. The van der Waals surface area contributed by atoms with Crippen molar-refractivity contribution < 1.29 is 4.79 Å². The monoisotopic (exact) mass is 273 g/mol. The molecule has 20 heavy (non-hydrogen) atoms. The molecule has 0 radical (unpaired) electrons. The van der Waals surface area contributed by atoms with Crippen molar-refractivity contribution in [2.24, 2.45) is 5.92 Å². The van der Waals surface area contributed by atoms with Gasteiger partial charge in [-0.05, 0) is 57.8 Å². The van der Waals surface area contributed by atoms with Crippen LogP contribution < -0.4 is 0 Å². The second-order valence-electron chi connectivity index (χ2n) is 6.70. The number of hydrogen-bond donors (Lipinski definition) is 0. The summed E-state index contributed by atoms with van der Waals surface area (Å²) in [5.41, 5.74) is 2.94. The third kappa shape index (κ3) is 2.54. The topological polar surface area (TPSA) is 20.3 Å². The molecule has 1 aromatic rings. The van der Waals surface area contributed by atoms with E-state index in [0.29, 0.717) is 11.7 Å². The van der Waals surface area contributed by atoms with Crippen molar-refractivity contribution in [3.8, 4) is 0 Å². The molecule has 0 bridgehead atoms. The third-order valence-corrected chi connectivity index (χ3v) is 5.10. The summed E-state index contributed by atoms with van der Waals surface area (Å²) in [7, 11) is 4.11. The number of hydrogen-bond acceptors (Lipinski definition) is 2. The van der Waals surface area contributed by atoms with Crippen molar-refractivity contribution in [3.05, 3.63) is 34.9 Å². The molecular weight excluding hydrogens is 246 g/mol. The van der Waals surface area contributed by atoms with Crippen LogP contribution >= 0.6 is 0 Å². The van der Waals surface area contributed by atoms with Gasteiger partial charge < -0.3 is 0 Å². The molecule has 110 valence electrons. The largest absolute Gasteiger partial charge is 0.297 e.